The Labute approximate surface area is 206 Å². The quantitative estimate of drug-likeness (QED) is 0.219. The predicted octanol–water partition coefficient (Wildman–Crippen LogP) is 7.55. The lowest BCUT2D eigenvalue weighted by molar-refractivity contribution is 0.0696. The van der Waals surface area contributed by atoms with Gasteiger partial charge >= 0.3 is 5.97 Å². The zero-order valence-corrected chi connectivity index (χ0v) is 22.5. The number of benzene rings is 2. The van der Waals surface area contributed by atoms with Crippen molar-refractivity contribution in [1.29, 1.82) is 0 Å². The van der Waals surface area contributed by atoms with E-state index in [4.69, 9.17) is 4.74 Å². The fraction of sp³-hybridized carbons (Fsp3) is 0.381. The first-order valence-corrected chi connectivity index (χ1v) is 12.2. The average Bonchev–Trinajstić information content (AvgIpc) is 2.60. The van der Waals surface area contributed by atoms with Gasteiger partial charge in [0.05, 0.1) is 16.3 Å². The molecule has 0 aliphatic carbocycles. The maximum atomic E-state index is 11.2. The van der Waals surface area contributed by atoms with Gasteiger partial charge in [-0.3, -0.25) is 0 Å². The highest BCUT2D eigenvalue weighted by Gasteiger charge is 2.26. The highest BCUT2D eigenvalue weighted by molar-refractivity contribution is 14.1. The van der Waals surface area contributed by atoms with Crippen LogP contribution in [0.25, 0.3) is 0 Å². The summed E-state index contributed by atoms with van der Waals surface area (Å²) in [4.78, 5) is 11.2. The molecule has 0 unspecified atom stereocenters. The number of hydrogen-bond acceptors (Lipinski definition) is 3. The molecule has 152 valence electrons. The van der Waals surface area contributed by atoms with Crippen LogP contribution in [0.5, 0.6) is 17.2 Å². The highest BCUT2D eigenvalue weighted by Crippen LogP contribution is 2.42. The molecular formula is C21H23I3O4. The molecule has 0 amide bonds. The fourth-order valence-electron chi connectivity index (χ4n) is 3.00. The van der Waals surface area contributed by atoms with Crippen molar-refractivity contribution >= 4 is 73.7 Å². The summed E-state index contributed by atoms with van der Waals surface area (Å²) < 4.78 is 8.35. The number of ether oxygens (including phenoxy) is 1. The summed E-state index contributed by atoms with van der Waals surface area (Å²) in [5.41, 5.74) is 0.934. The Hall–Kier alpha value is -0.300. The van der Waals surface area contributed by atoms with Gasteiger partial charge in [0.15, 0.2) is 5.75 Å². The van der Waals surface area contributed by atoms with Gasteiger partial charge in [0.1, 0.15) is 11.5 Å². The highest BCUT2D eigenvalue weighted by atomic mass is 127. The van der Waals surface area contributed by atoms with Crippen molar-refractivity contribution in [2.45, 2.75) is 51.9 Å². The van der Waals surface area contributed by atoms with Gasteiger partial charge in [-0.1, -0.05) is 40.0 Å². The molecule has 4 nitrogen and oxygen atoms in total. The van der Waals surface area contributed by atoms with Gasteiger partial charge in [0.2, 0.25) is 0 Å². The topological polar surface area (TPSA) is 66.8 Å². The van der Waals surface area contributed by atoms with Crippen LogP contribution in [0.4, 0.5) is 0 Å². The minimum absolute atomic E-state index is 0.175. The third kappa shape index (κ3) is 5.87. The molecule has 0 aliphatic rings. The van der Waals surface area contributed by atoms with Gasteiger partial charge < -0.3 is 14.9 Å². The molecular weight excluding hydrogens is 697 g/mol. The van der Waals surface area contributed by atoms with Crippen LogP contribution in [0.3, 0.4) is 0 Å². The first-order valence-electron chi connectivity index (χ1n) is 9.00. The molecule has 2 N–H and O–H groups in total. The Morgan fingerprint density at radius 1 is 1.04 bits per heavy atom. The first kappa shape index (κ1) is 24.0. The van der Waals surface area contributed by atoms with Crippen LogP contribution >= 0.6 is 67.8 Å². The number of rotatable bonds is 8. The lowest BCUT2D eigenvalue weighted by Crippen LogP contribution is -2.17. The van der Waals surface area contributed by atoms with E-state index in [1.54, 1.807) is 18.2 Å². The van der Waals surface area contributed by atoms with E-state index in [1.807, 2.05) is 6.07 Å². The number of aromatic carboxylic acids is 1. The standard InChI is InChI=1S/C21H23I3O4/c1-4-5-6-7-21(2,3)14-10-13(11-15(22)18(14)25)28-19-16(23)8-12(20(26)27)9-17(19)24/h8-11,25H,4-7H2,1-3H3,(H,26,27). The predicted molar refractivity (Wildman–Crippen MR) is 137 cm³/mol. The van der Waals surface area contributed by atoms with Crippen molar-refractivity contribution in [3.63, 3.8) is 0 Å². The summed E-state index contributed by atoms with van der Waals surface area (Å²) in [6, 6.07) is 6.90. The number of carboxylic acid groups (broad SMARTS) is 1. The van der Waals surface area contributed by atoms with E-state index in [0.717, 1.165) is 35.5 Å². The van der Waals surface area contributed by atoms with Crippen LogP contribution in [-0.4, -0.2) is 16.2 Å². The van der Waals surface area contributed by atoms with Gasteiger partial charge in [-0.2, -0.15) is 0 Å². The summed E-state index contributed by atoms with van der Waals surface area (Å²) in [5, 5.41) is 19.9. The molecule has 0 radical (unpaired) electrons. The van der Waals surface area contributed by atoms with Crippen LogP contribution in [0.1, 0.15) is 62.4 Å². The third-order valence-corrected chi connectivity index (χ3v) is 7.06. The molecule has 0 saturated heterocycles. The summed E-state index contributed by atoms with van der Waals surface area (Å²) >= 11 is 6.30. The van der Waals surface area contributed by atoms with E-state index < -0.39 is 5.97 Å². The van der Waals surface area contributed by atoms with Gasteiger partial charge in [-0.25, -0.2) is 4.79 Å². The summed E-state index contributed by atoms with van der Waals surface area (Å²) in [5.74, 6) is 0.611. The molecule has 0 aliphatic heterocycles. The lowest BCUT2D eigenvalue weighted by Gasteiger charge is -2.27. The molecule has 0 fully saturated rings. The number of aromatic hydroxyl groups is 1. The van der Waals surface area contributed by atoms with Crippen molar-refractivity contribution in [3.05, 3.63) is 46.1 Å². The van der Waals surface area contributed by atoms with Crippen molar-refractivity contribution < 1.29 is 19.7 Å². The van der Waals surface area contributed by atoms with Gasteiger partial charge in [0, 0.05) is 5.56 Å². The van der Waals surface area contributed by atoms with Gasteiger partial charge in [-0.15, -0.1) is 0 Å². The van der Waals surface area contributed by atoms with Crippen LogP contribution in [0, 0.1) is 10.7 Å². The second-order valence-electron chi connectivity index (χ2n) is 7.32. The molecule has 28 heavy (non-hydrogen) atoms. The Kier molecular flexibility index (Phi) is 8.68. The van der Waals surface area contributed by atoms with Crippen molar-refractivity contribution in [3.8, 4) is 17.2 Å². The van der Waals surface area contributed by atoms with Crippen molar-refractivity contribution in [2.24, 2.45) is 0 Å². The fourth-order valence-corrected chi connectivity index (χ4v) is 5.59. The maximum absolute atomic E-state index is 11.2. The van der Waals surface area contributed by atoms with E-state index in [0.29, 0.717) is 17.2 Å². The molecule has 0 atom stereocenters. The van der Waals surface area contributed by atoms with Crippen molar-refractivity contribution in [1.82, 2.24) is 0 Å². The Morgan fingerprint density at radius 3 is 2.18 bits per heavy atom. The number of hydrogen-bond donors (Lipinski definition) is 2. The smallest absolute Gasteiger partial charge is 0.335 e. The van der Waals surface area contributed by atoms with E-state index in [9.17, 15) is 15.0 Å². The summed E-state index contributed by atoms with van der Waals surface area (Å²) in [7, 11) is 0. The van der Waals surface area contributed by atoms with Crippen LogP contribution in [-0.2, 0) is 5.41 Å². The molecule has 0 saturated carbocycles. The molecule has 0 aromatic heterocycles. The molecule has 2 aromatic rings. The SMILES string of the molecule is CCCCCC(C)(C)c1cc(Oc2c(I)cc(C(=O)O)cc2I)cc(I)c1O. The van der Waals surface area contributed by atoms with E-state index in [1.165, 1.54) is 6.42 Å². The Morgan fingerprint density at radius 2 is 1.64 bits per heavy atom. The molecule has 7 heteroatoms. The van der Waals surface area contributed by atoms with E-state index >= 15 is 0 Å². The van der Waals surface area contributed by atoms with Crippen molar-refractivity contribution in [2.75, 3.05) is 0 Å². The number of carboxylic acids is 1. The molecule has 0 spiro atoms. The number of unbranched alkanes of at least 4 members (excludes halogenated alkanes) is 2. The van der Waals surface area contributed by atoms with E-state index in [2.05, 4.69) is 88.5 Å². The lowest BCUT2D eigenvalue weighted by atomic mass is 9.79. The second kappa shape index (κ2) is 10.1. The largest absolute Gasteiger partial charge is 0.507 e. The number of phenolic OH excluding ortho intramolecular Hbond substituents is 1. The molecule has 0 heterocycles. The normalized spacial score (nSPS) is 11.5. The Balaban J connectivity index is 2.41. The van der Waals surface area contributed by atoms with Gasteiger partial charge in [-0.05, 0) is 104 Å². The summed E-state index contributed by atoms with van der Waals surface area (Å²) in [6.07, 6.45) is 4.42. The number of carbonyl (C=O) groups is 1. The zero-order valence-electron chi connectivity index (χ0n) is 16.0. The third-order valence-electron chi connectivity index (χ3n) is 4.64. The van der Waals surface area contributed by atoms with Gasteiger partial charge in [0.25, 0.3) is 0 Å². The number of phenols is 1. The van der Waals surface area contributed by atoms with Crippen LogP contribution in [0.15, 0.2) is 24.3 Å². The van der Waals surface area contributed by atoms with Crippen LogP contribution < -0.4 is 4.74 Å². The summed E-state index contributed by atoms with van der Waals surface area (Å²) in [6.45, 7) is 6.47. The first-order chi connectivity index (χ1) is 13.1. The molecule has 2 aromatic carbocycles. The second-order valence-corrected chi connectivity index (χ2v) is 10.8. The van der Waals surface area contributed by atoms with E-state index in [-0.39, 0.29) is 11.0 Å². The maximum Gasteiger partial charge on any atom is 0.335 e. The number of halogens is 3. The molecule has 0 bridgehead atoms. The monoisotopic (exact) mass is 720 g/mol. The average molecular weight is 720 g/mol. The van der Waals surface area contributed by atoms with Crippen LogP contribution in [0.2, 0.25) is 0 Å². The minimum Gasteiger partial charge on any atom is -0.507 e. The Bertz CT molecular complexity index is 855. The molecule has 2 rings (SSSR count). The zero-order chi connectivity index (χ0) is 21.1. The minimum atomic E-state index is -0.960.